The molecule has 2 N–H and O–H groups in total. The van der Waals surface area contributed by atoms with Crippen LogP contribution in [-0.2, 0) is 0 Å². The first-order valence-corrected chi connectivity index (χ1v) is 8.93. The molecular formula is C21H15ClN4O2. The van der Waals surface area contributed by atoms with Crippen LogP contribution in [0, 0.1) is 6.92 Å². The van der Waals surface area contributed by atoms with Gasteiger partial charge in [-0.1, -0.05) is 48.0 Å². The highest BCUT2D eigenvalue weighted by atomic mass is 35.5. The van der Waals surface area contributed by atoms with E-state index in [9.17, 15) is 9.59 Å². The molecule has 7 heteroatoms. The first kappa shape index (κ1) is 17.9. The maximum absolute atomic E-state index is 13.0. The van der Waals surface area contributed by atoms with Gasteiger partial charge in [-0.3, -0.25) is 4.79 Å². The van der Waals surface area contributed by atoms with Crippen molar-refractivity contribution in [2.45, 2.75) is 6.92 Å². The van der Waals surface area contributed by atoms with Gasteiger partial charge in [-0.2, -0.15) is 4.98 Å². The number of carbonyl (C=O) groups is 1. The van der Waals surface area contributed by atoms with Crippen molar-refractivity contribution in [1.29, 1.82) is 0 Å². The number of rotatable bonds is 3. The number of anilines is 1. The fraction of sp³-hybridized carbons (Fsp3) is 0.0476. The van der Waals surface area contributed by atoms with Crippen molar-refractivity contribution in [3.63, 3.8) is 0 Å². The Hall–Kier alpha value is -3.51. The van der Waals surface area contributed by atoms with Gasteiger partial charge in [0, 0.05) is 27.7 Å². The van der Waals surface area contributed by atoms with Crippen molar-refractivity contribution in [3.05, 3.63) is 87.4 Å². The monoisotopic (exact) mass is 390 g/mol. The number of pyridine rings is 1. The molecule has 1 amide bonds. The molecule has 0 aliphatic rings. The largest absolute Gasteiger partial charge is 0.347 e. The Morgan fingerprint density at radius 1 is 1.04 bits per heavy atom. The van der Waals surface area contributed by atoms with Crippen molar-refractivity contribution in [2.75, 3.05) is 5.32 Å². The lowest BCUT2D eigenvalue weighted by Gasteiger charge is -2.11. The van der Waals surface area contributed by atoms with Crippen molar-refractivity contribution in [3.8, 4) is 11.3 Å². The number of carbonyl (C=O) groups excluding carboxylic acids is 1. The Morgan fingerprint density at radius 3 is 2.57 bits per heavy atom. The summed E-state index contributed by atoms with van der Waals surface area (Å²) >= 11 is 6.32. The van der Waals surface area contributed by atoms with Gasteiger partial charge in [0.2, 0.25) is 0 Å². The van der Waals surface area contributed by atoms with Gasteiger partial charge in [-0.15, -0.1) is 0 Å². The van der Waals surface area contributed by atoms with Crippen molar-refractivity contribution >= 4 is 34.2 Å². The number of H-pyrrole nitrogens is 1. The van der Waals surface area contributed by atoms with Crippen LogP contribution in [0.4, 0.5) is 5.82 Å². The Morgan fingerprint density at radius 2 is 1.79 bits per heavy atom. The summed E-state index contributed by atoms with van der Waals surface area (Å²) in [6.45, 7) is 1.72. The second-order valence-corrected chi connectivity index (χ2v) is 6.67. The van der Waals surface area contributed by atoms with E-state index >= 15 is 0 Å². The topological polar surface area (TPSA) is 87.7 Å². The van der Waals surface area contributed by atoms with Gasteiger partial charge in [0.05, 0.1) is 16.8 Å². The van der Waals surface area contributed by atoms with Crippen LogP contribution in [0.2, 0.25) is 5.02 Å². The van der Waals surface area contributed by atoms with Crippen LogP contribution in [-0.4, -0.2) is 20.9 Å². The lowest BCUT2D eigenvalue weighted by molar-refractivity contribution is 0.102. The fourth-order valence-electron chi connectivity index (χ4n) is 3.00. The number of benzene rings is 2. The van der Waals surface area contributed by atoms with E-state index in [-0.39, 0.29) is 11.7 Å². The lowest BCUT2D eigenvalue weighted by atomic mass is 10.0. The maximum atomic E-state index is 13.0. The van der Waals surface area contributed by atoms with Crippen LogP contribution in [0.5, 0.6) is 0 Å². The van der Waals surface area contributed by atoms with Crippen LogP contribution in [0.3, 0.4) is 0 Å². The van der Waals surface area contributed by atoms with Gasteiger partial charge in [0.15, 0.2) is 0 Å². The van der Waals surface area contributed by atoms with Gasteiger partial charge in [-0.05, 0) is 25.1 Å². The average Bonchev–Trinajstić information content (AvgIpc) is 2.66. The van der Waals surface area contributed by atoms with E-state index in [1.807, 2.05) is 42.5 Å². The summed E-state index contributed by atoms with van der Waals surface area (Å²) < 4.78 is 0. The van der Waals surface area contributed by atoms with E-state index in [1.54, 1.807) is 25.1 Å². The number of aromatic amines is 1. The number of nitrogens with one attached hydrogen (secondary N) is 2. The molecule has 0 bridgehead atoms. The van der Waals surface area contributed by atoms with Crippen molar-refractivity contribution < 1.29 is 4.79 Å². The van der Waals surface area contributed by atoms with E-state index in [0.29, 0.717) is 32.9 Å². The SMILES string of the molecule is Cc1cc(NC(=O)c2cc(-c3ccccc3Cl)nc3ccccc23)nc(=O)[nH]1. The molecule has 0 aliphatic heterocycles. The smallest absolute Gasteiger partial charge is 0.310 e. The first-order valence-electron chi connectivity index (χ1n) is 8.55. The van der Waals surface area contributed by atoms with E-state index in [2.05, 4.69) is 20.3 Å². The molecule has 6 nitrogen and oxygen atoms in total. The Bertz CT molecular complexity index is 1270. The highest BCUT2D eigenvalue weighted by Gasteiger charge is 2.16. The molecule has 0 saturated heterocycles. The third-order valence-electron chi connectivity index (χ3n) is 4.23. The minimum absolute atomic E-state index is 0.187. The Balaban J connectivity index is 1.84. The Kier molecular flexibility index (Phi) is 4.63. The number of amides is 1. The number of nitrogens with zero attached hydrogens (tertiary/aromatic N) is 2. The zero-order valence-electron chi connectivity index (χ0n) is 14.9. The highest BCUT2D eigenvalue weighted by Crippen LogP contribution is 2.30. The molecule has 0 aliphatic carbocycles. The number of hydrogen-bond donors (Lipinski definition) is 2. The molecule has 4 rings (SSSR count). The quantitative estimate of drug-likeness (QED) is 0.548. The summed E-state index contributed by atoms with van der Waals surface area (Å²) in [7, 11) is 0. The summed E-state index contributed by atoms with van der Waals surface area (Å²) in [4.78, 5) is 35.6. The summed E-state index contributed by atoms with van der Waals surface area (Å²) in [6, 6.07) is 18.0. The maximum Gasteiger partial charge on any atom is 0.347 e. The standard InChI is InChI=1S/C21H15ClN4O2/c1-12-10-19(26-21(28)23-12)25-20(27)15-11-18(14-7-2-4-8-16(14)22)24-17-9-5-3-6-13(15)17/h2-11H,1H3,(H2,23,25,26,27,28). The van der Waals surface area contributed by atoms with Crippen LogP contribution in [0.15, 0.2) is 65.5 Å². The predicted molar refractivity (Wildman–Crippen MR) is 110 cm³/mol. The molecule has 2 aromatic heterocycles. The minimum Gasteiger partial charge on any atom is -0.310 e. The van der Waals surface area contributed by atoms with Crippen LogP contribution in [0.1, 0.15) is 16.1 Å². The van der Waals surface area contributed by atoms with Crippen LogP contribution in [0.25, 0.3) is 22.2 Å². The zero-order chi connectivity index (χ0) is 19.7. The van der Waals surface area contributed by atoms with E-state index in [1.165, 1.54) is 0 Å². The molecule has 28 heavy (non-hydrogen) atoms. The zero-order valence-corrected chi connectivity index (χ0v) is 15.6. The number of para-hydroxylation sites is 1. The summed E-state index contributed by atoms with van der Waals surface area (Å²) in [6.07, 6.45) is 0. The second-order valence-electron chi connectivity index (χ2n) is 6.26. The van der Waals surface area contributed by atoms with Crippen molar-refractivity contribution in [1.82, 2.24) is 15.0 Å². The van der Waals surface area contributed by atoms with Gasteiger partial charge in [0.25, 0.3) is 5.91 Å². The Labute approximate surface area is 165 Å². The molecule has 0 radical (unpaired) electrons. The molecular weight excluding hydrogens is 376 g/mol. The molecule has 0 unspecified atom stereocenters. The third-order valence-corrected chi connectivity index (χ3v) is 4.56. The minimum atomic E-state index is -0.522. The van der Waals surface area contributed by atoms with Gasteiger partial charge >= 0.3 is 5.69 Å². The summed E-state index contributed by atoms with van der Waals surface area (Å²) in [5.41, 5.74) is 2.48. The molecule has 0 saturated carbocycles. The molecule has 0 atom stereocenters. The number of halogens is 1. The second kappa shape index (κ2) is 7.25. The molecule has 138 valence electrons. The molecule has 4 aromatic rings. The van der Waals surface area contributed by atoms with Gasteiger partial charge in [-0.25, -0.2) is 9.78 Å². The number of fused-ring (bicyclic) bond motifs is 1. The van der Waals surface area contributed by atoms with E-state index in [4.69, 9.17) is 11.6 Å². The van der Waals surface area contributed by atoms with E-state index < -0.39 is 5.69 Å². The van der Waals surface area contributed by atoms with Gasteiger partial charge in [0.1, 0.15) is 5.82 Å². The summed E-state index contributed by atoms with van der Waals surface area (Å²) in [5.74, 6) is -0.198. The average molecular weight is 391 g/mol. The fourth-order valence-corrected chi connectivity index (χ4v) is 3.23. The number of hydrogen-bond acceptors (Lipinski definition) is 4. The number of aromatic nitrogens is 3. The van der Waals surface area contributed by atoms with E-state index in [0.717, 1.165) is 5.56 Å². The summed E-state index contributed by atoms with van der Waals surface area (Å²) in [5, 5.41) is 3.93. The van der Waals surface area contributed by atoms with Crippen LogP contribution < -0.4 is 11.0 Å². The molecule has 2 heterocycles. The normalized spacial score (nSPS) is 10.8. The van der Waals surface area contributed by atoms with Crippen LogP contribution >= 0.6 is 11.6 Å². The molecule has 2 aromatic carbocycles. The van der Waals surface area contributed by atoms with Crippen molar-refractivity contribution in [2.24, 2.45) is 0 Å². The van der Waals surface area contributed by atoms with Gasteiger partial charge < -0.3 is 10.3 Å². The molecule has 0 fully saturated rings. The highest BCUT2D eigenvalue weighted by molar-refractivity contribution is 6.33. The number of aryl methyl sites for hydroxylation is 1. The lowest BCUT2D eigenvalue weighted by Crippen LogP contribution is -2.19. The third kappa shape index (κ3) is 3.50. The predicted octanol–water partition coefficient (Wildman–Crippen LogP) is 4.20. The first-order chi connectivity index (χ1) is 13.5. The molecule has 0 spiro atoms.